The Balaban J connectivity index is 1.95. The summed E-state index contributed by atoms with van der Waals surface area (Å²) < 4.78 is 40.8. The van der Waals surface area contributed by atoms with Crippen LogP contribution in [0, 0.1) is 0 Å². The maximum Gasteiger partial charge on any atom is 0.418 e. The molecule has 0 radical (unpaired) electrons. The highest BCUT2D eigenvalue weighted by molar-refractivity contribution is 7.13. The lowest BCUT2D eigenvalue weighted by Crippen LogP contribution is -2.33. The molecule has 1 aliphatic heterocycles. The molecule has 1 aromatic heterocycles. The van der Waals surface area contributed by atoms with Crippen LogP contribution in [0.4, 0.5) is 24.0 Å². The van der Waals surface area contributed by atoms with Crippen LogP contribution in [0.25, 0.3) is 0 Å². The Bertz CT molecular complexity index is 960. The third kappa shape index (κ3) is 4.79. The van der Waals surface area contributed by atoms with Crippen LogP contribution < -0.4 is 15.5 Å². The van der Waals surface area contributed by atoms with E-state index >= 15 is 0 Å². The lowest BCUT2D eigenvalue weighted by molar-refractivity contribution is -0.137. The molecule has 2 heterocycles. The molecule has 1 aromatic carbocycles. The number of alkyl halides is 3. The van der Waals surface area contributed by atoms with Gasteiger partial charge < -0.3 is 15.3 Å². The minimum Gasteiger partial charge on any atom is -0.383 e. The van der Waals surface area contributed by atoms with Gasteiger partial charge in [-0.1, -0.05) is 12.1 Å². The van der Waals surface area contributed by atoms with Crippen molar-refractivity contribution in [2.24, 2.45) is 0 Å². The number of thiazole rings is 1. The van der Waals surface area contributed by atoms with Gasteiger partial charge in [-0.25, -0.2) is 4.98 Å². The summed E-state index contributed by atoms with van der Waals surface area (Å²) in [6.45, 7) is 1.70. The van der Waals surface area contributed by atoms with Crippen LogP contribution in [0.2, 0.25) is 0 Å². The van der Waals surface area contributed by atoms with E-state index in [-0.39, 0.29) is 35.8 Å². The second-order valence-corrected chi connectivity index (χ2v) is 7.44. The molecule has 3 N–H and O–H groups in total. The summed E-state index contributed by atoms with van der Waals surface area (Å²) >= 11 is 1.17. The highest BCUT2D eigenvalue weighted by atomic mass is 32.1. The van der Waals surface area contributed by atoms with Crippen LogP contribution in [-0.2, 0) is 15.8 Å². The quantitative estimate of drug-likeness (QED) is 0.601. The van der Waals surface area contributed by atoms with E-state index in [1.165, 1.54) is 47.7 Å². The predicted octanol–water partition coefficient (Wildman–Crippen LogP) is 3.06. The molecule has 0 saturated carbocycles. The summed E-state index contributed by atoms with van der Waals surface area (Å²) in [6, 6.07) is 3.49. The first kappa shape index (κ1) is 21.8. The number of aliphatic hydroxyl groups excluding tert-OH is 1. The number of rotatable bonds is 6. The molecular formula is C19H19F3N4O3S. The van der Waals surface area contributed by atoms with E-state index in [1.807, 2.05) is 0 Å². The normalized spacial score (nSPS) is 16.0. The van der Waals surface area contributed by atoms with Gasteiger partial charge in [0.15, 0.2) is 5.13 Å². The molecule has 0 bridgehead atoms. The van der Waals surface area contributed by atoms with Crippen molar-refractivity contribution >= 4 is 34.0 Å². The zero-order valence-corrected chi connectivity index (χ0v) is 16.7. The van der Waals surface area contributed by atoms with Crippen molar-refractivity contribution in [2.45, 2.75) is 25.6 Å². The lowest BCUT2D eigenvalue weighted by atomic mass is 9.92. The molecule has 2 aromatic rings. The summed E-state index contributed by atoms with van der Waals surface area (Å²) in [5.74, 6) is -0.910. The fraction of sp³-hybridized carbons (Fsp3) is 0.316. The molecule has 7 nitrogen and oxygen atoms in total. The van der Waals surface area contributed by atoms with E-state index in [0.29, 0.717) is 11.6 Å². The summed E-state index contributed by atoms with van der Waals surface area (Å²) in [7, 11) is 0. The Labute approximate surface area is 174 Å². The molecule has 30 heavy (non-hydrogen) atoms. The number of anilines is 2. The zero-order valence-electron chi connectivity index (χ0n) is 15.9. The van der Waals surface area contributed by atoms with Crippen molar-refractivity contribution in [3.8, 4) is 0 Å². The van der Waals surface area contributed by atoms with E-state index in [0.717, 1.165) is 6.07 Å². The molecule has 1 aliphatic rings. The van der Waals surface area contributed by atoms with Gasteiger partial charge >= 0.3 is 6.18 Å². The number of halogens is 3. The van der Waals surface area contributed by atoms with E-state index in [2.05, 4.69) is 15.6 Å². The SMILES string of the molecule is CC(=O)NCCCN1C=C(C(=O)Nc2nccs2)C(O)c2cccc(C(F)(F)F)c21. The minimum atomic E-state index is -4.64. The average molecular weight is 440 g/mol. The minimum absolute atomic E-state index is 0.0175. The Morgan fingerprint density at radius 1 is 1.33 bits per heavy atom. The van der Waals surface area contributed by atoms with Crippen LogP contribution in [-0.4, -0.2) is 35.0 Å². The van der Waals surface area contributed by atoms with Gasteiger partial charge in [-0.05, 0) is 12.5 Å². The van der Waals surface area contributed by atoms with Gasteiger partial charge in [-0.3, -0.25) is 14.9 Å². The number of nitrogens with one attached hydrogen (secondary N) is 2. The number of para-hydroxylation sites is 1. The number of aliphatic hydroxyl groups is 1. The summed E-state index contributed by atoms with van der Waals surface area (Å²) in [5.41, 5.74) is -1.23. The molecule has 0 saturated heterocycles. The number of hydrogen-bond donors (Lipinski definition) is 3. The summed E-state index contributed by atoms with van der Waals surface area (Å²) in [6.07, 6.45) is -3.13. The monoisotopic (exact) mass is 440 g/mol. The van der Waals surface area contributed by atoms with Crippen molar-refractivity contribution in [1.82, 2.24) is 10.3 Å². The van der Waals surface area contributed by atoms with Crippen molar-refractivity contribution in [2.75, 3.05) is 23.3 Å². The number of carbonyl (C=O) groups is 2. The van der Waals surface area contributed by atoms with E-state index in [1.54, 1.807) is 5.38 Å². The number of nitrogens with zero attached hydrogens (tertiary/aromatic N) is 2. The van der Waals surface area contributed by atoms with Gasteiger partial charge in [0.1, 0.15) is 6.10 Å². The van der Waals surface area contributed by atoms with Crippen molar-refractivity contribution in [3.05, 3.63) is 52.7 Å². The average Bonchev–Trinajstić information content (AvgIpc) is 3.18. The highest BCUT2D eigenvalue weighted by Gasteiger charge is 2.39. The second kappa shape index (κ2) is 8.84. The molecule has 11 heteroatoms. The molecular weight excluding hydrogens is 421 g/mol. The second-order valence-electron chi connectivity index (χ2n) is 6.55. The first-order valence-electron chi connectivity index (χ1n) is 9.00. The maximum absolute atomic E-state index is 13.6. The van der Waals surface area contributed by atoms with Crippen LogP contribution >= 0.6 is 11.3 Å². The Hall–Kier alpha value is -2.92. The van der Waals surface area contributed by atoms with Crippen LogP contribution in [0.3, 0.4) is 0 Å². The maximum atomic E-state index is 13.6. The van der Waals surface area contributed by atoms with Crippen molar-refractivity contribution in [1.29, 1.82) is 0 Å². The molecule has 0 spiro atoms. The molecule has 0 aliphatic carbocycles. The standard InChI is InChI=1S/C19H19F3N4O3S/c1-11(27)23-6-3-8-26-10-13(17(29)25-18-24-7-9-30-18)16(28)12-4-2-5-14(15(12)26)19(20,21)22/h2,4-5,7,9-10,16,28H,3,6,8H2,1H3,(H,23,27)(H,24,25,29). The number of fused-ring (bicyclic) bond motifs is 1. The topological polar surface area (TPSA) is 94.6 Å². The van der Waals surface area contributed by atoms with Gasteiger partial charge in [-0.15, -0.1) is 11.3 Å². The van der Waals surface area contributed by atoms with E-state index in [9.17, 15) is 27.9 Å². The number of hydrogen-bond acceptors (Lipinski definition) is 6. The van der Waals surface area contributed by atoms with Gasteiger partial charge in [-0.2, -0.15) is 13.2 Å². The molecule has 0 fully saturated rings. The number of carbonyl (C=O) groups excluding carboxylic acids is 2. The van der Waals surface area contributed by atoms with Crippen LogP contribution in [0.1, 0.15) is 30.6 Å². The molecule has 3 rings (SSSR count). The Morgan fingerprint density at radius 2 is 2.10 bits per heavy atom. The van der Waals surface area contributed by atoms with Crippen LogP contribution in [0.5, 0.6) is 0 Å². The largest absolute Gasteiger partial charge is 0.418 e. The fourth-order valence-electron chi connectivity index (χ4n) is 3.13. The third-order valence-corrected chi connectivity index (χ3v) is 5.10. The molecule has 160 valence electrons. The molecule has 1 unspecified atom stereocenters. The first-order chi connectivity index (χ1) is 14.2. The Kier molecular flexibility index (Phi) is 6.42. The fourth-order valence-corrected chi connectivity index (χ4v) is 3.65. The lowest BCUT2D eigenvalue weighted by Gasteiger charge is -2.34. The van der Waals surface area contributed by atoms with E-state index in [4.69, 9.17) is 0 Å². The smallest absolute Gasteiger partial charge is 0.383 e. The number of benzene rings is 1. The predicted molar refractivity (Wildman–Crippen MR) is 106 cm³/mol. The van der Waals surface area contributed by atoms with Crippen LogP contribution in [0.15, 0.2) is 41.5 Å². The van der Waals surface area contributed by atoms with Gasteiger partial charge in [0.2, 0.25) is 5.91 Å². The van der Waals surface area contributed by atoms with Crippen molar-refractivity contribution in [3.63, 3.8) is 0 Å². The zero-order chi connectivity index (χ0) is 21.9. The third-order valence-electron chi connectivity index (χ3n) is 4.41. The molecule has 2 amide bonds. The van der Waals surface area contributed by atoms with Gasteiger partial charge in [0.05, 0.1) is 16.8 Å². The first-order valence-corrected chi connectivity index (χ1v) is 9.88. The molecule has 1 atom stereocenters. The summed E-state index contributed by atoms with van der Waals surface area (Å²) in [4.78, 5) is 28.9. The van der Waals surface area contributed by atoms with Gasteiger partial charge in [0.25, 0.3) is 5.91 Å². The summed E-state index contributed by atoms with van der Waals surface area (Å²) in [5, 5.41) is 17.8. The van der Waals surface area contributed by atoms with Crippen molar-refractivity contribution < 1.29 is 27.9 Å². The number of aromatic nitrogens is 1. The highest BCUT2D eigenvalue weighted by Crippen LogP contribution is 2.44. The van der Waals surface area contributed by atoms with Gasteiger partial charge in [0, 0.05) is 43.4 Å². The number of amides is 2. The van der Waals surface area contributed by atoms with E-state index < -0.39 is 23.8 Å². The Morgan fingerprint density at radius 3 is 2.73 bits per heavy atom.